The fourth-order valence-electron chi connectivity index (χ4n) is 3.67. The number of oxazole rings is 1. The second-order valence-electron chi connectivity index (χ2n) is 7.54. The van der Waals surface area contributed by atoms with E-state index in [9.17, 15) is 22.8 Å². The van der Waals surface area contributed by atoms with Crippen molar-refractivity contribution in [1.82, 2.24) is 15.2 Å². The number of alkyl halides is 3. The Morgan fingerprint density at radius 2 is 1.97 bits per heavy atom. The van der Waals surface area contributed by atoms with Crippen LogP contribution in [0, 0.1) is 0 Å². The molecule has 1 unspecified atom stereocenters. The van der Waals surface area contributed by atoms with E-state index in [1.54, 1.807) is 35.4 Å². The number of amides is 2. The smallest absolute Gasteiger partial charge is 0.416 e. The van der Waals surface area contributed by atoms with Gasteiger partial charge in [-0.3, -0.25) is 9.59 Å². The van der Waals surface area contributed by atoms with Crippen LogP contribution in [-0.2, 0) is 11.0 Å². The van der Waals surface area contributed by atoms with Crippen LogP contribution in [0.25, 0.3) is 11.3 Å². The standard InChI is InChI=1S/C23H20F3N3O3/c24-23(25,26)18-4-1-3-17(11-18)19(13-29-10-2-5-21(29)30)28-22(31)16-8-6-15(7-9-16)20-12-27-14-32-20/h1,3-4,6-9,11-12,14,19H,2,5,10,13H2,(H,28,31). The van der Waals surface area contributed by atoms with Crippen LogP contribution < -0.4 is 5.32 Å². The lowest BCUT2D eigenvalue weighted by Crippen LogP contribution is -2.38. The number of rotatable bonds is 6. The number of benzene rings is 2. The molecule has 1 atom stereocenters. The van der Waals surface area contributed by atoms with Crippen molar-refractivity contribution in [3.05, 3.63) is 77.8 Å². The summed E-state index contributed by atoms with van der Waals surface area (Å²) < 4.78 is 44.9. The number of carbonyl (C=O) groups is 2. The van der Waals surface area contributed by atoms with Crippen molar-refractivity contribution in [2.45, 2.75) is 25.1 Å². The first kappa shape index (κ1) is 21.6. The molecule has 2 heterocycles. The van der Waals surface area contributed by atoms with Gasteiger partial charge in [0.05, 0.1) is 17.8 Å². The Morgan fingerprint density at radius 3 is 2.59 bits per heavy atom. The SMILES string of the molecule is O=C(NC(CN1CCCC1=O)c1cccc(C(F)(F)F)c1)c1ccc(-c2cnco2)cc1. The largest absolute Gasteiger partial charge is 0.444 e. The Morgan fingerprint density at radius 1 is 1.19 bits per heavy atom. The molecule has 0 radical (unpaired) electrons. The Bertz CT molecular complexity index is 1100. The molecule has 0 aliphatic carbocycles. The second-order valence-corrected chi connectivity index (χ2v) is 7.54. The van der Waals surface area contributed by atoms with Gasteiger partial charge in [0.1, 0.15) is 0 Å². The molecule has 1 aromatic heterocycles. The minimum Gasteiger partial charge on any atom is -0.444 e. The Kier molecular flexibility index (Phi) is 5.98. The number of nitrogens with zero attached hydrogens (tertiary/aromatic N) is 2. The van der Waals surface area contributed by atoms with Gasteiger partial charge >= 0.3 is 6.18 Å². The summed E-state index contributed by atoms with van der Waals surface area (Å²) in [5, 5.41) is 2.79. The summed E-state index contributed by atoms with van der Waals surface area (Å²) in [6.45, 7) is 0.609. The molecule has 0 saturated carbocycles. The van der Waals surface area contributed by atoms with E-state index < -0.39 is 23.7 Å². The Labute approximate surface area is 182 Å². The van der Waals surface area contributed by atoms with Gasteiger partial charge in [0, 0.05) is 30.6 Å². The van der Waals surface area contributed by atoms with Crippen LogP contribution in [0.3, 0.4) is 0 Å². The molecule has 0 spiro atoms. The fraction of sp³-hybridized carbons (Fsp3) is 0.261. The fourth-order valence-corrected chi connectivity index (χ4v) is 3.67. The van der Waals surface area contributed by atoms with Gasteiger partial charge in [-0.25, -0.2) is 4.98 Å². The molecule has 1 aliphatic rings. The zero-order chi connectivity index (χ0) is 22.7. The zero-order valence-corrected chi connectivity index (χ0v) is 16.9. The van der Waals surface area contributed by atoms with Crippen molar-refractivity contribution in [2.75, 3.05) is 13.1 Å². The molecular weight excluding hydrogens is 423 g/mol. The molecule has 1 aliphatic heterocycles. The van der Waals surface area contributed by atoms with Gasteiger partial charge < -0.3 is 14.6 Å². The quantitative estimate of drug-likeness (QED) is 0.611. The Balaban J connectivity index is 1.57. The predicted octanol–water partition coefficient (Wildman–Crippen LogP) is 4.45. The highest BCUT2D eigenvalue weighted by molar-refractivity contribution is 5.95. The number of aromatic nitrogens is 1. The van der Waals surface area contributed by atoms with Crippen molar-refractivity contribution in [3.63, 3.8) is 0 Å². The molecule has 4 rings (SSSR count). The first-order chi connectivity index (χ1) is 15.3. The predicted molar refractivity (Wildman–Crippen MR) is 109 cm³/mol. The summed E-state index contributed by atoms with van der Waals surface area (Å²) in [7, 11) is 0. The molecule has 2 aromatic carbocycles. The van der Waals surface area contributed by atoms with Gasteiger partial charge in [-0.15, -0.1) is 0 Å². The second kappa shape index (κ2) is 8.86. The van der Waals surface area contributed by atoms with E-state index in [4.69, 9.17) is 4.42 Å². The minimum atomic E-state index is -4.51. The van der Waals surface area contributed by atoms with Crippen LogP contribution >= 0.6 is 0 Å². The van der Waals surface area contributed by atoms with Crippen molar-refractivity contribution < 1.29 is 27.2 Å². The lowest BCUT2D eigenvalue weighted by Gasteiger charge is -2.26. The molecule has 166 valence electrons. The van der Waals surface area contributed by atoms with Gasteiger partial charge in [0.2, 0.25) is 5.91 Å². The first-order valence-corrected chi connectivity index (χ1v) is 10.1. The van der Waals surface area contributed by atoms with Gasteiger partial charge in [-0.2, -0.15) is 13.2 Å². The summed E-state index contributed by atoms with van der Waals surface area (Å²) in [5.74, 6) is 0.0159. The van der Waals surface area contributed by atoms with E-state index in [0.29, 0.717) is 30.7 Å². The van der Waals surface area contributed by atoms with Crippen molar-refractivity contribution in [1.29, 1.82) is 0 Å². The Hall–Kier alpha value is -3.62. The van der Waals surface area contributed by atoms with E-state index in [-0.39, 0.29) is 18.0 Å². The number of nitrogens with one attached hydrogen (secondary N) is 1. The molecule has 1 saturated heterocycles. The summed E-state index contributed by atoms with van der Waals surface area (Å²) in [4.78, 5) is 30.4. The number of likely N-dealkylation sites (tertiary alicyclic amines) is 1. The third-order valence-corrected chi connectivity index (χ3v) is 5.36. The van der Waals surface area contributed by atoms with Gasteiger partial charge in [-0.05, 0) is 36.2 Å². The molecule has 32 heavy (non-hydrogen) atoms. The van der Waals surface area contributed by atoms with Crippen LogP contribution in [0.2, 0.25) is 0 Å². The molecule has 1 fully saturated rings. The first-order valence-electron chi connectivity index (χ1n) is 10.1. The molecule has 2 amide bonds. The maximum absolute atomic E-state index is 13.2. The highest BCUT2D eigenvalue weighted by atomic mass is 19.4. The highest BCUT2D eigenvalue weighted by Crippen LogP contribution is 2.31. The molecule has 9 heteroatoms. The van der Waals surface area contributed by atoms with Crippen LogP contribution in [0.1, 0.15) is 40.4 Å². The average molecular weight is 443 g/mol. The van der Waals surface area contributed by atoms with Crippen molar-refractivity contribution in [2.24, 2.45) is 0 Å². The normalized spacial score (nSPS) is 15.1. The monoisotopic (exact) mass is 443 g/mol. The lowest BCUT2D eigenvalue weighted by molar-refractivity contribution is -0.137. The zero-order valence-electron chi connectivity index (χ0n) is 16.9. The maximum Gasteiger partial charge on any atom is 0.416 e. The van der Waals surface area contributed by atoms with Crippen LogP contribution in [-0.4, -0.2) is 34.8 Å². The van der Waals surface area contributed by atoms with E-state index in [1.165, 1.54) is 18.5 Å². The van der Waals surface area contributed by atoms with E-state index in [2.05, 4.69) is 10.3 Å². The maximum atomic E-state index is 13.2. The lowest BCUT2D eigenvalue weighted by atomic mass is 10.0. The molecule has 6 nitrogen and oxygen atoms in total. The van der Waals surface area contributed by atoms with Crippen molar-refractivity contribution >= 4 is 11.8 Å². The van der Waals surface area contributed by atoms with Crippen molar-refractivity contribution in [3.8, 4) is 11.3 Å². The molecular formula is C23H20F3N3O3. The third-order valence-electron chi connectivity index (χ3n) is 5.36. The molecule has 1 N–H and O–H groups in total. The molecule has 0 bridgehead atoms. The third kappa shape index (κ3) is 4.82. The van der Waals surface area contributed by atoms with Gasteiger partial charge in [0.25, 0.3) is 5.91 Å². The summed E-state index contributed by atoms with van der Waals surface area (Å²) >= 11 is 0. The minimum absolute atomic E-state index is 0.0763. The van der Waals surface area contributed by atoms with Crippen LogP contribution in [0.15, 0.2) is 65.5 Å². The number of hydrogen-bond acceptors (Lipinski definition) is 4. The average Bonchev–Trinajstić information content (AvgIpc) is 3.45. The summed E-state index contributed by atoms with van der Waals surface area (Å²) in [6, 6.07) is 10.6. The number of hydrogen-bond donors (Lipinski definition) is 1. The van der Waals surface area contributed by atoms with Crippen LogP contribution in [0.5, 0.6) is 0 Å². The topological polar surface area (TPSA) is 75.4 Å². The summed E-state index contributed by atoms with van der Waals surface area (Å²) in [6.07, 6.45) is -0.580. The van der Waals surface area contributed by atoms with Gasteiger partial charge in [0.15, 0.2) is 12.2 Å². The number of halogens is 3. The molecule has 3 aromatic rings. The number of carbonyl (C=O) groups excluding carboxylic acids is 2. The van der Waals surface area contributed by atoms with E-state index in [0.717, 1.165) is 17.7 Å². The summed E-state index contributed by atoms with van der Waals surface area (Å²) in [5.41, 5.74) is 0.540. The van der Waals surface area contributed by atoms with E-state index >= 15 is 0 Å². The highest BCUT2D eigenvalue weighted by Gasteiger charge is 2.32. The van der Waals surface area contributed by atoms with Gasteiger partial charge in [-0.1, -0.05) is 24.3 Å². The van der Waals surface area contributed by atoms with E-state index in [1.807, 2.05) is 0 Å². The van der Waals surface area contributed by atoms with Crippen LogP contribution in [0.4, 0.5) is 13.2 Å².